The third-order valence-electron chi connectivity index (χ3n) is 2.52. The Morgan fingerprint density at radius 2 is 1.93 bits per heavy atom. The molecule has 1 atom stereocenters. The predicted octanol–water partition coefficient (Wildman–Crippen LogP) is 2.11. The number of ether oxygens (including phenoxy) is 1. The molecule has 1 aliphatic rings. The highest BCUT2D eigenvalue weighted by atomic mass is 32.2. The average molecular weight is 228 g/mol. The highest BCUT2D eigenvalue weighted by Gasteiger charge is 2.23. The third kappa shape index (κ3) is 2.44. The van der Waals surface area contributed by atoms with Crippen molar-refractivity contribution in [3.05, 3.63) is 30.1 Å². The van der Waals surface area contributed by atoms with E-state index in [1.54, 1.807) is 18.2 Å². The van der Waals surface area contributed by atoms with Gasteiger partial charge in [-0.2, -0.15) is 0 Å². The van der Waals surface area contributed by atoms with Gasteiger partial charge in [-0.3, -0.25) is 4.21 Å². The number of halogens is 1. The molecule has 0 spiro atoms. The van der Waals surface area contributed by atoms with E-state index in [0.29, 0.717) is 18.1 Å². The Morgan fingerprint density at radius 1 is 1.27 bits per heavy atom. The summed E-state index contributed by atoms with van der Waals surface area (Å²) in [5, 5.41) is 0.0376. The minimum atomic E-state index is -1.24. The van der Waals surface area contributed by atoms with Crippen molar-refractivity contribution in [3.63, 3.8) is 0 Å². The molecule has 4 heteroatoms. The zero-order valence-electron chi connectivity index (χ0n) is 8.32. The van der Waals surface area contributed by atoms with Crippen LogP contribution >= 0.6 is 0 Å². The summed E-state index contributed by atoms with van der Waals surface area (Å²) >= 11 is 0. The molecule has 2 nitrogen and oxygen atoms in total. The van der Waals surface area contributed by atoms with E-state index >= 15 is 0 Å². The monoisotopic (exact) mass is 228 g/mol. The van der Waals surface area contributed by atoms with E-state index in [1.165, 1.54) is 6.07 Å². The Balaban J connectivity index is 2.16. The molecule has 1 aliphatic heterocycles. The summed E-state index contributed by atoms with van der Waals surface area (Å²) in [6.07, 6.45) is 1.50. The molecule has 1 saturated heterocycles. The summed E-state index contributed by atoms with van der Waals surface area (Å²) in [5.41, 5.74) is 0. The van der Waals surface area contributed by atoms with E-state index in [4.69, 9.17) is 4.74 Å². The maximum absolute atomic E-state index is 13.4. The first-order chi connectivity index (χ1) is 7.29. The van der Waals surface area contributed by atoms with Crippen molar-refractivity contribution in [2.75, 3.05) is 13.2 Å². The highest BCUT2D eigenvalue weighted by Crippen LogP contribution is 2.21. The van der Waals surface area contributed by atoms with Crippen molar-refractivity contribution in [1.29, 1.82) is 0 Å². The first kappa shape index (κ1) is 10.8. The van der Waals surface area contributed by atoms with E-state index < -0.39 is 10.8 Å². The standard InChI is InChI=1S/C11H13FO2S/c12-10-3-1-2-4-11(10)15(13)9-5-7-14-8-6-9/h1-4,9H,5-8H2. The molecule has 2 rings (SSSR count). The fourth-order valence-electron chi connectivity index (χ4n) is 1.68. The SMILES string of the molecule is O=S(c1ccccc1F)C1CCOCC1. The van der Waals surface area contributed by atoms with Crippen LogP contribution in [-0.4, -0.2) is 22.7 Å². The zero-order chi connectivity index (χ0) is 10.7. The van der Waals surface area contributed by atoms with Crippen molar-refractivity contribution in [1.82, 2.24) is 0 Å². The summed E-state index contributed by atoms with van der Waals surface area (Å²) in [6, 6.07) is 6.28. The number of hydrogen-bond acceptors (Lipinski definition) is 2. The molecule has 1 unspecified atom stereocenters. The van der Waals surface area contributed by atoms with Crippen LogP contribution in [0.15, 0.2) is 29.2 Å². The van der Waals surface area contributed by atoms with Gasteiger partial charge in [0, 0.05) is 18.5 Å². The molecule has 15 heavy (non-hydrogen) atoms. The Bertz CT molecular complexity index is 361. The lowest BCUT2D eigenvalue weighted by atomic mass is 10.2. The second-order valence-electron chi connectivity index (χ2n) is 3.54. The van der Waals surface area contributed by atoms with Crippen LogP contribution in [0, 0.1) is 5.82 Å². The molecule has 0 aromatic heterocycles. The first-order valence-electron chi connectivity index (χ1n) is 5.02. The van der Waals surface area contributed by atoms with E-state index in [2.05, 4.69) is 0 Å². The van der Waals surface area contributed by atoms with Crippen LogP contribution in [-0.2, 0) is 15.5 Å². The van der Waals surface area contributed by atoms with Gasteiger partial charge in [-0.05, 0) is 25.0 Å². The van der Waals surface area contributed by atoms with E-state index in [0.717, 1.165) is 12.8 Å². The van der Waals surface area contributed by atoms with Crippen molar-refractivity contribution >= 4 is 10.8 Å². The van der Waals surface area contributed by atoms with Gasteiger partial charge in [0.25, 0.3) is 0 Å². The molecule has 1 aromatic rings. The van der Waals surface area contributed by atoms with Gasteiger partial charge in [0.2, 0.25) is 0 Å². The molecule has 0 aliphatic carbocycles. The van der Waals surface area contributed by atoms with Gasteiger partial charge in [0.15, 0.2) is 0 Å². The van der Waals surface area contributed by atoms with Crippen LogP contribution in [0.3, 0.4) is 0 Å². The van der Waals surface area contributed by atoms with Crippen molar-refractivity contribution in [3.8, 4) is 0 Å². The number of hydrogen-bond donors (Lipinski definition) is 0. The third-order valence-corrected chi connectivity index (χ3v) is 4.37. The molecule has 0 amide bonds. The fourth-order valence-corrected chi connectivity index (χ4v) is 3.13. The van der Waals surface area contributed by atoms with Gasteiger partial charge in [-0.1, -0.05) is 12.1 Å². The molecule has 0 bridgehead atoms. The summed E-state index contributed by atoms with van der Waals surface area (Å²) in [6.45, 7) is 1.26. The molecule has 0 saturated carbocycles. The quantitative estimate of drug-likeness (QED) is 0.775. The predicted molar refractivity (Wildman–Crippen MR) is 56.6 cm³/mol. The van der Waals surface area contributed by atoms with Crippen LogP contribution in [0.4, 0.5) is 4.39 Å². The summed E-state index contributed by atoms with van der Waals surface area (Å²) in [4.78, 5) is 0.324. The van der Waals surface area contributed by atoms with Crippen molar-refractivity contribution < 1.29 is 13.3 Å². The minimum Gasteiger partial charge on any atom is -0.381 e. The average Bonchev–Trinajstić information content (AvgIpc) is 2.30. The molecule has 0 N–H and O–H groups in total. The van der Waals surface area contributed by atoms with Gasteiger partial charge in [-0.25, -0.2) is 4.39 Å². The molecule has 1 fully saturated rings. The lowest BCUT2D eigenvalue weighted by Gasteiger charge is -2.21. The van der Waals surface area contributed by atoms with Crippen LogP contribution in [0.2, 0.25) is 0 Å². The van der Waals surface area contributed by atoms with E-state index in [-0.39, 0.29) is 11.1 Å². The molecular weight excluding hydrogens is 215 g/mol. The molecule has 1 aromatic carbocycles. The Morgan fingerprint density at radius 3 is 2.60 bits per heavy atom. The Hall–Kier alpha value is -0.740. The summed E-state index contributed by atoms with van der Waals surface area (Å²) in [7, 11) is -1.24. The molecular formula is C11H13FO2S. The summed E-state index contributed by atoms with van der Waals surface area (Å²) in [5.74, 6) is -0.373. The maximum atomic E-state index is 13.4. The molecule has 1 heterocycles. The maximum Gasteiger partial charge on any atom is 0.139 e. The second kappa shape index (κ2) is 4.86. The number of rotatable bonds is 2. The van der Waals surface area contributed by atoms with Gasteiger partial charge in [-0.15, -0.1) is 0 Å². The Kier molecular flexibility index (Phi) is 3.49. The van der Waals surface area contributed by atoms with Gasteiger partial charge in [0.05, 0.1) is 15.7 Å². The zero-order valence-corrected chi connectivity index (χ0v) is 9.13. The van der Waals surface area contributed by atoms with Gasteiger partial charge >= 0.3 is 0 Å². The summed E-state index contributed by atoms with van der Waals surface area (Å²) < 4.78 is 30.6. The van der Waals surface area contributed by atoms with Crippen molar-refractivity contribution in [2.45, 2.75) is 23.0 Å². The number of benzene rings is 1. The fraction of sp³-hybridized carbons (Fsp3) is 0.455. The van der Waals surface area contributed by atoms with Gasteiger partial charge < -0.3 is 4.74 Å². The van der Waals surface area contributed by atoms with Crippen molar-refractivity contribution in [2.24, 2.45) is 0 Å². The van der Waals surface area contributed by atoms with Crippen LogP contribution in [0.25, 0.3) is 0 Å². The second-order valence-corrected chi connectivity index (χ2v) is 5.24. The smallest absolute Gasteiger partial charge is 0.139 e. The first-order valence-corrected chi connectivity index (χ1v) is 6.23. The Labute approximate surface area is 90.9 Å². The minimum absolute atomic E-state index is 0.0376. The topological polar surface area (TPSA) is 26.3 Å². The normalized spacial score (nSPS) is 20.1. The van der Waals surface area contributed by atoms with Crippen LogP contribution in [0.1, 0.15) is 12.8 Å². The van der Waals surface area contributed by atoms with Crippen LogP contribution < -0.4 is 0 Å². The highest BCUT2D eigenvalue weighted by molar-refractivity contribution is 7.85. The largest absolute Gasteiger partial charge is 0.381 e. The molecule has 0 radical (unpaired) electrons. The van der Waals surface area contributed by atoms with E-state index in [1.807, 2.05) is 0 Å². The lowest BCUT2D eigenvalue weighted by molar-refractivity contribution is 0.0992. The molecule has 82 valence electrons. The lowest BCUT2D eigenvalue weighted by Crippen LogP contribution is -2.25. The van der Waals surface area contributed by atoms with Gasteiger partial charge in [0.1, 0.15) is 5.82 Å². The van der Waals surface area contributed by atoms with Crippen LogP contribution in [0.5, 0.6) is 0 Å². The van der Waals surface area contributed by atoms with E-state index in [9.17, 15) is 8.60 Å².